The van der Waals surface area contributed by atoms with Crippen molar-refractivity contribution in [3.8, 4) is 5.75 Å². The van der Waals surface area contributed by atoms with Gasteiger partial charge in [0.1, 0.15) is 11.4 Å². The Labute approximate surface area is 234 Å². The predicted octanol–water partition coefficient (Wildman–Crippen LogP) is 5.90. The lowest BCUT2D eigenvalue weighted by Gasteiger charge is -2.27. The molecular formula is C28H18N4O6S2. The molecule has 10 nitrogen and oxygen atoms in total. The van der Waals surface area contributed by atoms with Crippen LogP contribution < -0.4 is 15.0 Å². The standard InChI is InChI=1S/C28H18N4O6S2/c1-38-17-9-11-20(22(13-17)32(36)37)29-24(33)14-39-28-30-21-10-8-16(12-23(21)40-28)31-26(34)18-6-2-4-15-5-3-7-19(25(15)18)27(31)35/h2-13H,14H2,1H3,(H,29,33). The lowest BCUT2D eigenvalue weighted by atomic mass is 9.94. The molecule has 12 heteroatoms. The highest BCUT2D eigenvalue weighted by Gasteiger charge is 2.34. The Kier molecular flexibility index (Phi) is 6.40. The average molecular weight is 571 g/mol. The molecule has 6 rings (SSSR count). The molecule has 0 fully saturated rings. The molecule has 2 heterocycles. The van der Waals surface area contributed by atoms with Crippen LogP contribution >= 0.6 is 23.1 Å². The molecule has 198 valence electrons. The number of nitro benzene ring substituents is 1. The van der Waals surface area contributed by atoms with Crippen LogP contribution in [0.4, 0.5) is 17.1 Å². The van der Waals surface area contributed by atoms with Crippen LogP contribution in [0.25, 0.3) is 21.0 Å². The first-order valence-corrected chi connectivity index (χ1v) is 13.7. The Hall–Kier alpha value is -4.81. The van der Waals surface area contributed by atoms with Gasteiger partial charge >= 0.3 is 0 Å². The van der Waals surface area contributed by atoms with E-state index in [0.717, 1.165) is 10.1 Å². The molecule has 1 N–H and O–H groups in total. The summed E-state index contributed by atoms with van der Waals surface area (Å²) in [7, 11) is 1.40. The zero-order valence-electron chi connectivity index (χ0n) is 20.7. The maximum atomic E-state index is 13.4. The highest BCUT2D eigenvalue weighted by Crippen LogP contribution is 2.36. The third-order valence-corrected chi connectivity index (χ3v) is 8.55. The second-order valence-corrected chi connectivity index (χ2v) is 11.0. The van der Waals surface area contributed by atoms with Crippen LogP contribution in [0.2, 0.25) is 0 Å². The van der Waals surface area contributed by atoms with E-state index >= 15 is 0 Å². The predicted molar refractivity (Wildman–Crippen MR) is 154 cm³/mol. The zero-order valence-corrected chi connectivity index (χ0v) is 22.4. The number of amides is 3. The van der Waals surface area contributed by atoms with Crippen molar-refractivity contribution < 1.29 is 24.0 Å². The van der Waals surface area contributed by atoms with Gasteiger partial charge in [0.15, 0.2) is 4.34 Å². The van der Waals surface area contributed by atoms with Crippen LogP contribution in [-0.2, 0) is 4.79 Å². The van der Waals surface area contributed by atoms with Gasteiger partial charge in [0.05, 0.1) is 39.8 Å². The molecule has 1 aliphatic heterocycles. The number of rotatable bonds is 7. The van der Waals surface area contributed by atoms with Gasteiger partial charge in [0.25, 0.3) is 17.5 Å². The van der Waals surface area contributed by atoms with Crippen molar-refractivity contribution >= 4 is 78.9 Å². The minimum absolute atomic E-state index is 0.0280. The molecule has 1 aromatic heterocycles. The van der Waals surface area contributed by atoms with Crippen molar-refractivity contribution in [3.63, 3.8) is 0 Å². The van der Waals surface area contributed by atoms with Gasteiger partial charge in [-0.25, -0.2) is 9.88 Å². The Bertz CT molecular complexity index is 1840. The molecule has 0 aliphatic carbocycles. The first kappa shape index (κ1) is 25.5. The van der Waals surface area contributed by atoms with E-state index < -0.39 is 22.6 Å². The maximum Gasteiger partial charge on any atom is 0.296 e. The van der Waals surface area contributed by atoms with E-state index in [0.29, 0.717) is 37.8 Å². The molecule has 5 aromatic rings. The summed E-state index contributed by atoms with van der Waals surface area (Å²) in [6.07, 6.45) is 0. The Morgan fingerprint density at radius 2 is 1.77 bits per heavy atom. The minimum atomic E-state index is -0.590. The molecule has 4 aromatic carbocycles. The number of methoxy groups -OCH3 is 1. The van der Waals surface area contributed by atoms with Crippen molar-refractivity contribution in [2.45, 2.75) is 4.34 Å². The second kappa shape index (κ2) is 10.1. The summed E-state index contributed by atoms with van der Waals surface area (Å²) < 4.78 is 6.35. The monoisotopic (exact) mass is 570 g/mol. The molecule has 0 unspecified atom stereocenters. The number of ether oxygens (including phenoxy) is 1. The van der Waals surface area contributed by atoms with Crippen LogP contribution in [0.5, 0.6) is 5.75 Å². The van der Waals surface area contributed by atoms with Gasteiger partial charge in [0.2, 0.25) is 5.91 Å². The van der Waals surface area contributed by atoms with Crippen molar-refractivity contribution in [3.05, 3.63) is 94.0 Å². The minimum Gasteiger partial charge on any atom is -0.496 e. The largest absolute Gasteiger partial charge is 0.496 e. The van der Waals surface area contributed by atoms with Gasteiger partial charge in [-0.3, -0.25) is 24.5 Å². The van der Waals surface area contributed by atoms with E-state index in [4.69, 9.17) is 4.74 Å². The number of aromatic nitrogens is 1. The van der Waals surface area contributed by atoms with Crippen molar-refractivity contribution in [2.24, 2.45) is 0 Å². The molecule has 0 radical (unpaired) electrons. The summed E-state index contributed by atoms with van der Waals surface area (Å²) >= 11 is 2.50. The molecule has 0 saturated carbocycles. The van der Waals surface area contributed by atoms with Crippen LogP contribution in [0, 0.1) is 10.1 Å². The van der Waals surface area contributed by atoms with Gasteiger partial charge in [-0.1, -0.05) is 36.0 Å². The summed E-state index contributed by atoms with van der Waals surface area (Å²) in [5, 5.41) is 15.4. The molecular weight excluding hydrogens is 552 g/mol. The van der Waals surface area contributed by atoms with E-state index in [2.05, 4.69) is 10.3 Å². The van der Waals surface area contributed by atoms with Crippen LogP contribution in [0.15, 0.2) is 77.1 Å². The highest BCUT2D eigenvalue weighted by molar-refractivity contribution is 8.01. The molecule has 40 heavy (non-hydrogen) atoms. The normalized spacial score (nSPS) is 12.7. The van der Waals surface area contributed by atoms with Crippen molar-refractivity contribution in [1.82, 2.24) is 4.98 Å². The van der Waals surface area contributed by atoms with Gasteiger partial charge in [-0.05, 0) is 47.9 Å². The lowest BCUT2D eigenvalue weighted by molar-refractivity contribution is -0.384. The topological polar surface area (TPSA) is 132 Å². The summed E-state index contributed by atoms with van der Waals surface area (Å²) in [5.41, 5.74) is 1.82. The number of fused-ring (bicyclic) bond motifs is 1. The van der Waals surface area contributed by atoms with E-state index in [1.54, 1.807) is 42.5 Å². The highest BCUT2D eigenvalue weighted by atomic mass is 32.2. The third-order valence-electron chi connectivity index (χ3n) is 6.38. The molecule has 0 bridgehead atoms. The molecule has 0 saturated heterocycles. The number of hydrogen-bond acceptors (Lipinski definition) is 9. The fourth-order valence-electron chi connectivity index (χ4n) is 4.57. The Morgan fingerprint density at radius 3 is 2.45 bits per heavy atom. The number of nitro groups is 1. The summed E-state index contributed by atoms with van der Waals surface area (Å²) in [5.74, 6) is -0.938. The lowest BCUT2D eigenvalue weighted by Crippen LogP contribution is -2.40. The van der Waals surface area contributed by atoms with E-state index in [1.807, 2.05) is 12.1 Å². The SMILES string of the molecule is COc1ccc(NC(=O)CSc2nc3ccc(N4C(=O)c5cccc6cccc(c56)C4=O)cc3s2)c([N+](=O)[O-])c1. The summed E-state index contributed by atoms with van der Waals surface area (Å²) in [6.45, 7) is 0. The van der Waals surface area contributed by atoms with Gasteiger partial charge < -0.3 is 10.1 Å². The number of imide groups is 1. The number of carbonyl (C=O) groups excluding carboxylic acids is 3. The zero-order chi connectivity index (χ0) is 28.0. The van der Waals surface area contributed by atoms with E-state index in [9.17, 15) is 24.5 Å². The first-order chi connectivity index (χ1) is 19.3. The van der Waals surface area contributed by atoms with Crippen LogP contribution in [0.3, 0.4) is 0 Å². The number of hydrogen-bond donors (Lipinski definition) is 1. The molecule has 3 amide bonds. The Morgan fingerprint density at radius 1 is 1.05 bits per heavy atom. The number of thiazole rings is 1. The molecule has 0 spiro atoms. The smallest absolute Gasteiger partial charge is 0.296 e. The van der Waals surface area contributed by atoms with E-state index in [1.165, 1.54) is 53.3 Å². The van der Waals surface area contributed by atoms with Gasteiger partial charge in [-0.2, -0.15) is 0 Å². The summed E-state index contributed by atoms with van der Waals surface area (Å²) in [4.78, 5) is 55.8. The Balaban J connectivity index is 1.21. The summed E-state index contributed by atoms with van der Waals surface area (Å²) in [6, 6.07) is 20.1. The average Bonchev–Trinajstić information content (AvgIpc) is 3.37. The fourth-order valence-corrected chi connectivity index (χ4v) is 6.47. The molecule has 1 aliphatic rings. The number of nitrogens with one attached hydrogen (secondary N) is 1. The second-order valence-electron chi connectivity index (χ2n) is 8.76. The van der Waals surface area contributed by atoms with Crippen molar-refractivity contribution in [2.75, 3.05) is 23.1 Å². The first-order valence-electron chi connectivity index (χ1n) is 11.9. The van der Waals surface area contributed by atoms with Crippen molar-refractivity contribution in [1.29, 1.82) is 0 Å². The molecule has 0 atom stereocenters. The van der Waals surface area contributed by atoms with Crippen LogP contribution in [-0.4, -0.2) is 40.5 Å². The fraction of sp³-hybridized carbons (Fsp3) is 0.0714. The number of thioether (sulfide) groups is 1. The maximum absolute atomic E-state index is 13.4. The number of benzene rings is 4. The quantitative estimate of drug-likeness (QED) is 0.111. The number of anilines is 2. The third kappa shape index (κ3) is 4.42. The number of carbonyl (C=O) groups is 3. The van der Waals surface area contributed by atoms with E-state index in [-0.39, 0.29) is 17.1 Å². The van der Waals surface area contributed by atoms with Gasteiger partial charge in [-0.15, -0.1) is 11.3 Å². The van der Waals surface area contributed by atoms with Gasteiger partial charge in [0, 0.05) is 16.5 Å². The number of nitrogens with zero attached hydrogens (tertiary/aromatic N) is 3. The van der Waals surface area contributed by atoms with Crippen LogP contribution in [0.1, 0.15) is 20.7 Å².